The lowest BCUT2D eigenvalue weighted by molar-refractivity contribution is 1.07. The summed E-state index contributed by atoms with van der Waals surface area (Å²) < 4.78 is 9.60. The van der Waals surface area contributed by atoms with Crippen molar-refractivity contribution in [3.63, 3.8) is 0 Å². The van der Waals surface area contributed by atoms with Gasteiger partial charge in [0.05, 0.1) is 27.8 Å². The summed E-state index contributed by atoms with van der Waals surface area (Å²) in [6.07, 6.45) is 2.05. The summed E-state index contributed by atoms with van der Waals surface area (Å²) in [4.78, 5) is 21.4. The minimum absolute atomic E-state index is 0.559. The topological polar surface area (TPSA) is 61.4 Å². The van der Waals surface area contributed by atoms with E-state index in [9.17, 15) is 0 Å². The molecule has 0 aliphatic rings. The van der Waals surface area contributed by atoms with Crippen molar-refractivity contribution in [2.75, 3.05) is 0 Å². The standard InChI is InChI=1S/C68H40N6S2/c1-5-19-41(20-6-1)66-70-67(42-21-7-2-8-22-42)72-68(71-66)56-35-43(46-29-17-30-49-54-36-52-47-27-13-15-33-57(47)73(44-23-9-3-10-24-44)59(52)38-61(54)75-64(46)49)40-69-63(56)51-32-18-31-50-55-37-53-48-28-14-16-34-58(48)74(45-25-11-4-12-26-45)60(53)39-62(55)76-65(50)51/h1-40H. The molecule has 0 radical (unpaired) electrons. The predicted molar refractivity (Wildman–Crippen MR) is 319 cm³/mol. The highest BCUT2D eigenvalue weighted by Crippen LogP contribution is 2.48. The summed E-state index contributed by atoms with van der Waals surface area (Å²) in [7, 11) is 0. The van der Waals surface area contributed by atoms with Gasteiger partial charge in [-0.2, -0.15) is 0 Å². The van der Waals surface area contributed by atoms with Crippen LogP contribution in [-0.2, 0) is 0 Å². The molecule has 0 fully saturated rings. The Balaban J connectivity index is 0.936. The zero-order valence-corrected chi connectivity index (χ0v) is 42.2. The van der Waals surface area contributed by atoms with Gasteiger partial charge in [0.1, 0.15) is 0 Å². The summed E-state index contributed by atoms with van der Waals surface area (Å²) in [6, 6.07) is 84.4. The van der Waals surface area contributed by atoms with Crippen LogP contribution in [0.1, 0.15) is 0 Å². The minimum atomic E-state index is 0.559. The van der Waals surface area contributed by atoms with Crippen molar-refractivity contribution >= 4 is 107 Å². The smallest absolute Gasteiger partial charge is 0.166 e. The summed E-state index contributed by atoms with van der Waals surface area (Å²) in [5.74, 6) is 1.76. The van der Waals surface area contributed by atoms with Crippen LogP contribution in [0.15, 0.2) is 243 Å². The summed E-state index contributed by atoms with van der Waals surface area (Å²) >= 11 is 3.65. The third kappa shape index (κ3) is 6.64. The molecule has 6 heterocycles. The van der Waals surface area contributed by atoms with Crippen LogP contribution < -0.4 is 0 Å². The number of pyridine rings is 1. The van der Waals surface area contributed by atoms with Crippen molar-refractivity contribution in [2.24, 2.45) is 0 Å². The molecule has 6 nitrogen and oxygen atoms in total. The molecule has 0 aliphatic carbocycles. The van der Waals surface area contributed by atoms with Crippen molar-refractivity contribution < 1.29 is 0 Å². The van der Waals surface area contributed by atoms with Crippen LogP contribution in [-0.4, -0.2) is 29.1 Å². The van der Waals surface area contributed by atoms with Gasteiger partial charge < -0.3 is 9.13 Å². The van der Waals surface area contributed by atoms with Crippen LogP contribution in [0.5, 0.6) is 0 Å². The van der Waals surface area contributed by atoms with Gasteiger partial charge in [-0.25, -0.2) is 15.0 Å². The van der Waals surface area contributed by atoms with E-state index in [0.29, 0.717) is 17.5 Å². The van der Waals surface area contributed by atoms with Gasteiger partial charge in [-0.05, 0) is 66.7 Å². The van der Waals surface area contributed by atoms with Crippen LogP contribution in [0.3, 0.4) is 0 Å². The van der Waals surface area contributed by atoms with E-state index in [1.165, 1.54) is 79.3 Å². The number of rotatable bonds is 7. The Labute approximate surface area is 443 Å². The second-order valence-corrected chi connectivity index (χ2v) is 21.4. The van der Waals surface area contributed by atoms with Crippen LogP contribution in [0.4, 0.5) is 0 Å². The monoisotopic (exact) mass is 1000 g/mol. The molecule has 16 aromatic rings. The molecule has 0 atom stereocenters. The fraction of sp³-hybridized carbons (Fsp3) is 0. The Bertz CT molecular complexity index is 4920. The van der Waals surface area contributed by atoms with Gasteiger partial charge in [0.25, 0.3) is 0 Å². The van der Waals surface area contributed by atoms with Gasteiger partial charge in [-0.1, -0.05) is 170 Å². The second kappa shape index (κ2) is 17.0. The molecule has 354 valence electrons. The van der Waals surface area contributed by atoms with E-state index in [-0.39, 0.29) is 0 Å². The van der Waals surface area contributed by atoms with Gasteiger partial charge in [-0.15, -0.1) is 22.7 Å². The van der Waals surface area contributed by atoms with E-state index >= 15 is 0 Å². The predicted octanol–water partition coefficient (Wildman–Crippen LogP) is 18.5. The zero-order valence-electron chi connectivity index (χ0n) is 40.6. The van der Waals surface area contributed by atoms with Gasteiger partial charge in [0.15, 0.2) is 17.5 Å². The van der Waals surface area contributed by atoms with Crippen LogP contribution in [0.2, 0.25) is 0 Å². The lowest BCUT2D eigenvalue weighted by atomic mass is 9.97. The molecule has 6 aromatic heterocycles. The molecule has 0 aliphatic heterocycles. The zero-order chi connectivity index (χ0) is 49.8. The lowest BCUT2D eigenvalue weighted by Crippen LogP contribution is -2.02. The van der Waals surface area contributed by atoms with Gasteiger partial charge in [-0.3, -0.25) is 4.98 Å². The van der Waals surface area contributed by atoms with E-state index in [1.54, 1.807) is 0 Å². The molecule has 0 spiro atoms. The first kappa shape index (κ1) is 42.9. The summed E-state index contributed by atoms with van der Waals surface area (Å²) in [6.45, 7) is 0. The van der Waals surface area contributed by atoms with E-state index in [0.717, 1.165) is 55.1 Å². The van der Waals surface area contributed by atoms with Gasteiger partial charge in [0.2, 0.25) is 0 Å². The quantitative estimate of drug-likeness (QED) is 0.160. The van der Waals surface area contributed by atoms with Crippen LogP contribution in [0.25, 0.3) is 152 Å². The molecule has 0 saturated carbocycles. The Morgan fingerprint density at radius 1 is 0.289 bits per heavy atom. The first-order chi connectivity index (χ1) is 37.7. The maximum atomic E-state index is 5.55. The summed E-state index contributed by atoms with van der Waals surface area (Å²) in [5.41, 5.74) is 13.6. The first-order valence-corrected chi connectivity index (χ1v) is 27.1. The highest BCUT2D eigenvalue weighted by Gasteiger charge is 2.24. The maximum absolute atomic E-state index is 5.55. The van der Waals surface area contributed by atoms with Crippen molar-refractivity contribution in [3.8, 4) is 67.9 Å². The van der Waals surface area contributed by atoms with E-state index < -0.39 is 0 Å². The number of fused-ring (bicyclic) bond motifs is 12. The number of hydrogen-bond acceptors (Lipinski definition) is 6. The number of benzene rings is 10. The van der Waals surface area contributed by atoms with Crippen molar-refractivity contribution in [1.29, 1.82) is 0 Å². The molecule has 8 heteroatoms. The average Bonchev–Trinajstić information content (AvgIpc) is 4.24. The molecule has 10 aromatic carbocycles. The Morgan fingerprint density at radius 2 is 0.724 bits per heavy atom. The molecule has 0 amide bonds. The SMILES string of the molecule is c1ccc(-c2nc(-c3ccccc3)nc(-c3cc(-c4cccc5c4sc4cc6c(cc45)c4ccccc4n6-c4ccccc4)cnc3-c3cccc4c3sc3cc5c(cc34)c3ccccc3n5-c3ccccc3)n2)cc1. The third-order valence-corrected chi connectivity index (χ3v) is 17.4. The Hall–Kier alpha value is -9.60. The lowest BCUT2D eigenvalue weighted by Gasteiger charge is -2.14. The average molecular weight is 1010 g/mol. The highest BCUT2D eigenvalue weighted by atomic mass is 32.1. The molecular formula is C68H40N6S2. The van der Waals surface area contributed by atoms with Gasteiger partial charge in [0, 0.05) is 113 Å². The summed E-state index contributed by atoms with van der Waals surface area (Å²) in [5, 5.41) is 9.80. The molecular weight excluding hydrogens is 965 g/mol. The van der Waals surface area contributed by atoms with Gasteiger partial charge >= 0.3 is 0 Å². The molecule has 0 unspecified atom stereocenters. The largest absolute Gasteiger partial charge is 0.309 e. The number of thiophene rings is 2. The Morgan fingerprint density at radius 3 is 1.25 bits per heavy atom. The molecule has 0 N–H and O–H groups in total. The van der Waals surface area contributed by atoms with Crippen molar-refractivity contribution in [3.05, 3.63) is 243 Å². The minimum Gasteiger partial charge on any atom is -0.309 e. The van der Waals surface area contributed by atoms with Crippen molar-refractivity contribution in [1.82, 2.24) is 29.1 Å². The van der Waals surface area contributed by atoms with E-state index in [2.05, 4.69) is 216 Å². The number of hydrogen-bond donors (Lipinski definition) is 0. The normalized spacial score (nSPS) is 11.9. The highest BCUT2D eigenvalue weighted by molar-refractivity contribution is 7.26. The van der Waals surface area contributed by atoms with E-state index in [1.807, 2.05) is 59.1 Å². The fourth-order valence-electron chi connectivity index (χ4n) is 11.6. The first-order valence-electron chi connectivity index (χ1n) is 25.4. The number of para-hydroxylation sites is 4. The van der Waals surface area contributed by atoms with Crippen molar-refractivity contribution in [2.45, 2.75) is 0 Å². The second-order valence-electron chi connectivity index (χ2n) is 19.3. The fourth-order valence-corrected chi connectivity index (χ4v) is 14.1. The number of aromatic nitrogens is 6. The number of nitrogens with zero attached hydrogens (tertiary/aromatic N) is 6. The molecule has 76 heavy (non-hydrogen) atoms. The van der Waals surface area contributed by atoms with E-state index in [4.69, 9.17) is 19.9 Å². The molecule has 0 bridgehead atoms. The van der Waals surface area contributed by atoms with Crippen LogP contribution in [0, 0.1) is 0 Å². The third-order valence-electron chi connectivity index (χ3n) is 15.0. The molecule has 16 rings (SSSR count). The molecule has 0 saturated heterocycles. The Kier molecular flexibility index (Phi) is 9.57. The van der Waals surface area contributed by atoms with Crippen LogP contribution >= 0.6 is 22.7 Å². The maximum Gasteiger partial charge on any atom is 0.166 e.